The number of aliphatic imine (C=N–C) groups is 1. The summed E-state index contributed by atoms with van der Waals surface area (Å²) in [5, 5.41) is 7.19. The van der Waals surface area contributed by atoms with E-state index in [1.807, 2.05) is 0 Å². The topological polar surface area (TPSA) is 73.8 Å². The van der Waals surface area contributed by atoms with Crippen molar-refractivity contribution in [2.45, 2.75) is 83.0 Å². The van der Waals surface area contributed by atoms with Crippen molar-refractivity contribution >= 4 is 39.8 Å². The van der Waals surface area contributed by atoms with Gasteiger partial charge >= 0.3 is 0 Å². The molecule has 0 aromatic heterocycles. The van der Waals surface area contributed by atoms with E-state index in [2.05, 4.69) is 36.4 Å². The Bertz CT molecular complexity index is 599. The van der Waals surface area contributed by atoms with Crippen LogP contribution in [0.1, 0.15) is 58.8 Å². The standard InChI is InChI=1S/C19H36N4O2S.HI/c1-4-14(2)21-19(20-12-15-8-9-26(24,25)13-15)22-16-10-17-6-5-7-18(11-16)23(17)3;/h14-18H,4-13H2,1-3H3,(H2,20,21,22);1H. The number of halogens is 1. The van der Waals surface area contributed by atoms with Crippen LogP contribution in [0, 0.1) is 5.92 Å². The number of hydrogen-bond acceptors (Lipinski definition) is 4. The van der Waals surface area contributed by atoms with Gasteiger partial charge in [-0.2, -0.15) is 0 Å². The number of sulfone groups is 1. The lowest BCUT2D eigenvalue weighted by molar-refractivity contribution is 0.0526. The van der Waals surface area contributed by atoms with Gasteiger partial charge in [0.25, 0.3) is 0 Å². The first-order valence-corrected chi connectivity index (χ1v) is 12.2. The Hall–Kier alpha value is -0.0900. The van der Waals surface area contributed by atoms with Gasteiger partial charge in [0.1, 0.15) is 0 Å². The third-order valence-electron chi connectivity index (χ3n) is 6.51. The molecule has 0 aromatic rings. The van der Waals surface area contributed by atoms with Crippen LogP contribution >= 0.6 is 24.0 Å². The van der Waals surface area contributed by atoms with Crippen LogP contribution < -0.4 is 10.6 Å². The average Bonchev–Trinajstić information content (AvgIpc) is 2.92. The van der Waals surface area contributed by atoms with Crippen molar-refractivity contribution in [3.8, 4) is 0 Å². The first-order chi connectivity index (χ1) is 12.4. The van der Waals surface area contributed by atoms with Gasteiger partial charge < -0.3 is 15.5 Å². The number of fused-ring (bicyclic) bond motifs is 2. The predicted molar refractivity (Wildman–Crippen MR) is 123 cm³/mol. The van der Waals surface area contributed by atoms with Crippen molar-refractivity contribution in [2.75, 3.05) is 25.1 Å². The summed E-state index contributed by atoms with van der Waals surface area (Å²) in [5.74, 6) is 1.67. The van der Waals surface area contributed by atoms with E-state index in [1.54, 1.807) is 0 Å². The van der Waals surface area contributed by atoms with E-state index >= 15 is 0 Å². The van der Waals surface area contributed by atoms with Gasteiger partial charge in [-0.25, -0.2) is 8.42 Å². The summed E-state index contributed by atoms with van der Waals surface area (Å²) in [7, 11) is -0.555. The number of hydrogen-bond donors (Lipinski definition) is 2. The highest BCUT2D eigenvalue weighted by atomic mass is 127. The van der Waals surface area contributed by atoms with Gasteiger partial charge in [-0.05, 0) is 58.4 Å². The fourth-order valence-corrected chi connectivity index (χ4v) is 6.48. The van der Waals surface area contributed by atoms with E-state index in [0.29, 0.717) is 42.2 Å². The van der Waals surface area contributed by atoms with Crippen LogP contribution in [0.5, 0.6) is 0 Å². The van der Waals surface area contributed by atoms with E-state index in [4.69, 9.17) is 4.99 Å². The lowest BCUT2D eigenvalue weighted by atomic mass is 9.82. The molecule has 158 valence electrons. The Morgan fingerprint density at radius 3 is 2.44 bits per heavy atom. The monoisotopic (exact) mass is 512 g/mol. The molecular weight excluding hydrogens is 475 g/mol. The number of rotatable bonds is 5. The van der Waals surface area contributed by atoms with Crippen molar-refractivity contribution < 1.29 is 8.42 Å². The third kappa shape index (κ3) is 6.45. The molecule has 0 spiro atoms. The lowest BCUT2D eigenvalue weighted by Gasteiger charge is -2.47. The van der Waals surface area contributed by atoms with Crippen LogP contribution in [0.4, 0.5) is 0 Å². The van der Waals surface area contributed by atoms with Gasteiger partial charge in [0, 0.05) is 30.7 Å². The second kappa shape index (κ2) is 10.1. The summed E-state index contributed by atoms with van der Waals surface area (Å²) in [6, 6.07) is 2.19. The summed E-state index contributed by atoms with van der Waals surface area (Å²) < 4.78 is 23.4. The molecular formula is C19H37IN4O2S. The summed E-state index contributed by atoms with van der Waals surface area (Å²) in [4.78, 5) is 7.36. The molecule has 3 saturated heterocycles. The molecule has 3 rings (SSSR count). The van der Waals surface area contributed by atoms with Crippen molar-refractivity contribution in [3.63, 3.8) is 0 Å². The molecule has 0 radical (unpaired) electrons. The number of nitrogens with zero attached hydrogens (tertiary/aromatic N) is 2. The van der Waals surface area contributed by atoms with Crippen LogP contribution in [0.3, 0.4) is 0 Å². The van der Waals surface area contributed by atoms with E-state index in [9.17, 15) is 8.42 Å². The molecule has 0 aromatic carbocycles. The second-order valence-electron chi connectivity index (χ2n) is 8.63. The van der Waals surface area contributed by atoms with Crippen LogP contribution in [-0.4, -0.2) is 68.5 Å². The molecule has 2 bridgehead atoms. The fourth-order valence-electron chi connectivity index (χ4n) is 4.63. The molecule has 4 atom stereocenters. The van der Waals surface area contributed by atoms with Gasteiger partial charge in [-0.15, -0.1) is 24.0 Å². The Morgan fingerprint density at radius 2 is 1.89 bits per heavy atom. The molecule has 0 saturated carbocycles. The summed E-state index contributed by atoms with van der Waals surface area (Å²) >= 11 is 0. The molecule has 0 aliphatic carbocycles. The molecule has 8 heteroatoms. The van der Waals surface area contributed by atoms with Crippen molar-refractivity contribution in [2.24, 2.45) is 10.9 Å². The maximum absolute atomic E-state index is 11.7. The van der Waals surface area contributed by atoms with Crippen LogP contribution in [0.2, 0.25) is 0 Å². The highest BCUT2D eigenvalue weighted by Crippen LogP contribution is 2.32. The highest BCUT2D eigenvalue weighted by Gasteiger charge is 2.36. The Morgan fingerprint density at radius 1 is 1.22 bits per heavy atom. The Labute approximate surface area is 182 Å². The second-order valence-corrected chi connectivity index (χ2v) is 10.9. The van der Waals surface area contributed by atoms with Gasteiger partial charge in [0.05, 0.1) is 11.5 Å². The molecule has 0 amide bonds. The SMILES string of the molecule is CCC(C)NC(=NCC1CCS(=O)(=O)C1)NC1CC2CCCC(C1)N2C.I. The Kier molecular flexibility index (Phi) is 8.67. The zero-order valence-electron chi connectivity index (χ0n) is 17.0. The fraction of sp³-hybridized carbons (Fsp3) is 0.947. The minimum atomic E-state index is -2.83. The minimum absolute atomic E-state index is 0. The molecule has 3 aliphatic rings. The minimum Gasteiger partial charge on any atom is -0.354 e. The van der Waals surface area contributed by atoms with Crippen LogP contribution in [-0.2, 0) is 9.84 Å². The van der Waals surface area contributed by atoms with E-state index < -0.39 is 9.84 Å². The number of guanidine groups is 1. The van der Waals surface area contributed by atoms with Crippen LogP contribution in [0.25, 0.3) is 0 Å². The van der Waals surface area contributed by atoms with Gasteiger partial charge in [0.15, 0.2) is 15.8 Å². The zero-order chi connectivity index (χ0) is 18.7. The van der Waals surface area contributed by atoms with Gasteiger partial charge in [0.2, 0.25) is 0 Å². The first-order valence-electron chi connectivity index (χ1n) is 10.4. The summed E-state index contributed by atoms with van der Waals surface area (Å²) in [5.41, 5.74) is 0. The number of piperidine rings is 2. The third-order valence-corrected chi connectivity index (χ3v) is 8.35. The maximum atomic E-state index is 11.7. The van der Waals surface area contributed by atoms with Crippen molar-refractivity contribution in [3.05, 3.63) is 0 Å². The van der Waals surface area contributed by atoms with Crippen LogP contribution in [0.15, 0.2) is 4.99 Å². The lowest BCUT2D eigenvalue weighted by Crippen LogP contribution is -2.57. The molecule has 27 heavy (non-hydrogen) atoms. The molecule has 2 N–H and O–H groups in total. The molecule has 6 nitrogen and oxygen atoms in total. The average molecular weight is 513 g/mol. The molecule has 3 fully saturated rings. The summed E-state index contributed by atoms with van der Waals surface area (Å²) in [6.07, 6.45) is 8.09. The largest absolute Gasteiger partial charge is 0.354 e. The molecule has 3 heterocycles. The van der Waals surface area contributed by atoms with Crippen molar-refractivity contribution in [1.82, 2.24) is 15.5 Å². The van der Waals surface area contributed by atoms with Crippen molar-refractivity contribution in [1.29, 1.82) is 0 Å². The first kappa shape index (κ1) is 23.2. The quantitative estimate of drug-likeness (QED) is 0.336. The molecule has 3 aliphatic heterocycles. The van der Waals surface area contributed by atoms with Gasteiger partial charge in [-0.3, -0.25) is 4.99 Å². The smallest absolute Gasteiger partial charge is 0.191 e. The number of nitrogens with one attached hydrogen (secondary N) is 2. The van der Waals surface area contributed by atoms with E-state index in [-0.39, 0.29) is 29.9 Å². The molecule has 4 unspecified atom stereocenters. The highest BCUT2D eigenvalue weighted by molar-refractivity contribution is 14.0. The van der Waals surface area contributed by atoms with Gasteiger partial charge in [-0.1, -0.05) is 13.3 Å². The zero-order valence-corrected chi connectivity index (χ0v) is 20.1. The predicted octanol–water partition coefficient (Wildman–Crippen LogP) is 2.39. The van der Waals surface area contributed by atoms with E-state index in [1.165, 1.54) is 32.1 Å². The van der Waals surface area contributed by atoms with E-state index in [0.717, 1.165) is 18.8 Å². The maximum Gasteiger partial charge on any atom is 0.191 e. The normalized spacial score (nSPS) is 34.6. The summed E-state index contributed by atoms with van der Waals surface area (Å²) in [6.45, 7) is 4.93. The Balaban J connectivity index is 0.00000261.